The van der Waals surface area contributed by atoms with Crippen LogP contribution in [0.4, 0.5) is 10.1 Å². The molecule has 1 atom stereocenters. The molecule has 1 saturated carbocycles. The molecule has 164 valence electrons. The maximum atomic E-state index is 13.3. The van der Waals surface area contributed by atoms with Crippen molar-refractivity contribution in [1.29, 1.82) is 0 Å². The summed E-state index contributed by atoms with van der Waals surface area (Å²) in [6.45, 7) is 2.36. The van der Waals surface area contributed by atoms with E-state index in [1.807, 2.05) is 12.1 Å². The van der Waals surface area contributed by atoms with Crippen LogP contribution in [-0.2, 0) is 4.79 Å². The summed E-state index contributed by atoms with van der Waals surface area (Å²) in [7, 11) is 0. The van der Waals surface area contributed by atoms with Crippen molar-refractivity contribution in [3.8, 4) is 0 Å². The zero-order valence-corrected chi connectivity index (χ0v) is 18.2. The highest BCUT2D eigenvalue weighted by molar-refractivity contribution is 6.30. The standard InChI is InChI=1S/C24H27ClFN3O2/c25-19-6-3-7-21(16-19)27-23(30)22(17-4-1-2-5-17)28-12-14-29(15-13-28)24(31)18-8-10-20(26)11-9-18/h3,6-11,16-17,22H,1-2,4-5,12-15H2,(H,27,30)/t22-/m0/s1. The minimum Gasteiger partial charge on any atom is -0.336 e. The van der Waals surface area contributed by atoms with Crippen molar-refractivity contribution in [2.75, 3.05) is 31.5 Å². The highest BCUT2D eigenvalue weighted by atomic mass is 35.5. The van der Waals surface area contributed by atoms with Crippen LogP contribution in [0.5, 0.6) is 0 Å². The van der Waals surface area contributed by atoms with E-state index < -0.39 is 0 Å². The number of carbonyl (C=O) groups is 2. The van der Waals surface area contributed by atoms with Gasteiger partial charge in [0.25, 0.3) is 5.91 Å². The third-order valence-corrected chi connectivity index (χ3v) is 6.53. The summed E-state index contributed by atoms with van der Waals surface area (Å²) in [6.07, 6.45) is 4.38. The molecule has 0 spiro atoms. The molecule has 5 nitrogen and oxygen atoms in total. The molecular formula is C24H27ClFN3O2. The number of rotatable bonds is 5. The van der Waals surface area contributed by atoms with E-state index in [-0.39, 0.29) is 23.7 Å². The smallest absolute Gasteiger partial charge is 0.253 e. The summed E-state index contributed by atoms with van der Waals surface area (Å²) in [5.74, 6) is -0.141. The van der Waals surface area contributed by atoms with Crippen molar-refractivity contribution >= 4 is 29.1 Å². The van der Waals surface area contributed by atoms with Gasteiger partial charge in [-0.15, -0.1) is 0 Å². The third kappa shape index (κ3) is 5.25. The molecule has 1 aliphatic heterocycles. The second-order valence-corrected chi connectivity index (χ2v) is 8.76. The lowest BCUT2D eigenvalue weighted by molar-refractivity contribution is -0.123. The fourth-order valence-corrected chi connectivity index (χ4v) is 4.90. The lowest BCUT2D eigenvalue weighted by atomic mass is 9.94. The summed E-state index contributed by atoms with van der Waals surface area (Å²) in [5, 5.41) is 3.63. The summed E-state index contributed by atoms with van der Waals surface area (Å²) < 4.78 is 13.2. The summed E-state index contributed by atoms with van der Waals surface area (Å²) >= 11 is 6.07. The average Bonchev–Trinajstić information content (AvgIpc) is 3.29. The van der Waals surface area contributed by atoms with Crippen molar-refractivity contribution in [2.24, 2.45) is 5.92 Å². The van der Waals surface area contributed by atoms with E-state index in [9.17, 15) is 14.0 Å². The van der Waals surface area contributed by atoms with Crippen LogP contribution in [-0.4, -0.2) is 53.8 Å². The number of anilines is 1. The first-order valence-electron chi connectivity index (χ1n) is 10.9. The largest absolute Gasteiger partial charge is 0.336 e. The molecule has 4 rings (SSSR count). The number of benzene rings is 2. The van der Waals surface area contributed by atoms with Gasteiger partial charge in [0.05, 0.1) is 6.04 Å². The first-order chi connectivity index (χ1) is 15.0. The van der Waals surface area contributed by atoms with Crippen LogP contribution in [0, 0.1) is 11.7 Å². The van der Waals surface area contributed by atoms with Gasteiger partial charge in [0.2, 0.25) is 5.91 Å². The lowest BCUT2D eigenvalue weighted by Gasteiger charge is -2.40. The van der Waals surface area contributed by atoms with Crippen LogP contribution in [0.1, 0.15) is 36.0 Å². The van der Waals surface area contributed by atoms with Crippen molar-refractivity contribution in [3.63, 3.8) is 0 Å². The third-order valence-electron chi connectivity index (χ3n) is 6.29. The zero-order chi connectivity index (χ0) is 21.8. The highest BCUT2D eigenvalue weighted by Gasteiger charge is 2.37. The van der Waals surface area contributed by atoms with Crippen LogP contribution in [0.15, 0.2) is 48.5 Å². The maximum absolute atomic E-state index is 13.3. The summed E-state index contributed by atoms with van der Waals surface area (Å²) in [5.41, 5.74) is 1.19. The maximum Gasteiger partial charge on any atom is 0.253 e. The van der Waals surface area contributed by atoms with Gasteiger partial charge in [0.1, 0.15) is 5.82 Å². The fourth-order valence-electron chi connectivity index (χ4n) is 4.71. The van der Waals surface area contributed by atoms with E-state index in [0.29, 0.717) is 48.4 Å². The predicted octanol–water partition coefficient (Wildman–Crippen LogP) is 4.43. The molecule has 0 radical (unpaired) electrons. The second-order valence-electron chi connectivity index (χ2n) is 8.32. The molecule has 1 aliphatic carbocycles. The van der Waals surface area contributed by atoms with Gasteiger partial charge in [-0.2, -0.15) is 0 Å². The Bertz CT molecular complexity index is 923. The van der Waals surface area contributed by atoms with Crippen LogP contribution < -0.4 is 5.32 Å². The van der Waals surface area contributed by atoms with Crippen LogP contribution in [0.25, 0.3) is 0 Å². The molecular weight excluding hydrogens is 417 g/mol. The van der Waals surface area contributed by atoms with E-state index >= 15 is 0 Å². The lowest BCUT2D eigenvalue weighted by Crippen LogP contribution is -2.56. The Balaban J connectivity index is 1.43. The first-order valence-corrected chi connectivity index (χ1v) is 11.2. The minimum atomic E-state index is -0.355. The van der Waals surface area contributed by atoms with Gasteiger partial charge in [-0.3, -0.25) is 14.5 Å². The fraction of sp³-hybridized carbons (Fsp3) is 0.417. The van der Waals surface area contributed by atoms with E-state index in [4.69, 9.17) is 11.6 Å². The number of carbonyl (C=O) groups excluding carboxylic acids is 2. The zero-order valence-electron chi connectivity index (χ0n) is 17.4. The van der Waals surface area contributed by atoms with Crippen LogP contribution in [0.3, 0.4) is 0 Å². The minimum absolute atomic E-state index is 0.00697. The second kappa shape index (κ2) is 9.79. The van der Waals surface area contributed by atoms with Crippen molar-refractivity contribution in [1.82, 2.24) is 9.80 Å². The van der Waals surface area contributed by atoms with Crippen molar-refractivity contribution in [2.45, 2.75) is 31.7 Å². The number of amides is 2. The number of hydrogen-bond donors (Lipinski definition) is 1. The van der Waals surface area contributed by atoms with E-state index in [1.165, 1.54) is 24.3 Å². The number of nitrogens with one attached hydrogen (secondary N) is 1. The van der Waals surface area contributed by atoms with Crippen LogP contribution in [0.2, 0.25) is 5.02 Å². The molecule has 31 heavy (non-hydrogen) atoms. The Morgan fingerprint density at radius 2 is 1.68 bits per heavy atom. The highest BCUT2D eigenvalue weighted by Crippen LogP contribution is 2.32. The van der Waals surface area contributed by atoms with Gasteiger partial charge < -0.3 is 10.2 Å². The van der Waals surface area contributed by atoms with E-state index in [0.717, 1.165) is 25.7 Å². The first kappa shape index (κ1) is 21.8. The molecule has 7 heteroatoms. The monoisotopic (exact) mass is 443 g/mol. The molecule has 1 heterocycles. The molecule has 1 N–H and O–H groups in total. The van der Waals surface area contributed by atoms with Gasteiger partial charge in [-0.05, 0) is 61.2 Å². The van der Waals surface area contributed by atoms with Crippen LogP contribution >= 0.6 is 11.6 Å². The average molecular weight is 444 g/mol. The molecule has 2 amide bonds. The van der Waals surface area contributed by atoms with Gasteiger partial charge in [-0.25, -0.2) is 4.39 Å². The Kier molecular flexibility index (Phi) is 6.88. The molecule has 0 aromatic heterocycles. The Labute approximate surface area is 187 Å². The molecule has 2 fully saturated rings. The van der Waals surface area contributed by atoms with Gasteiger partial charge >= 0.3 is 0 Å². The summed E-state index contributed by atoms with van der Waals surface area (Å²) in [4.78, 5) is 30.0. The van der Waals surface area contributed by atoms with E-state index in [1.54, 1.807) is 17.0 Å². The number of halogens is 2. The Hall–Kier alpha value is -2.44. The molecule has 2 aromatic carbocycles. The molecule has 2 aliphatic rings. The summed E-state index contributed by atoms with van der Waals surface area (Å²) in [6, 6.07) is 12.6. The normalized spacial score (nSPS) is 18.7. The predicted molar refractivity (Wildman–Crippen MR) is 120 cm³/mol. The van der Waals surface area contributed by atoms with Crippen molar-refractivity contribution < 1.29 is 14.0 Å². The van der Waals surface area contributed by atoms with Gasteiger partial charge in [-0.1, -0.05) is 30.5 Å². The Morgan fingerprint density at radius 1 is 1.00 bits per heavy atom. The topological polar surface area (TPSA) is 52.7 Å². The van der Waals surface area contributed by atoms with Crippen molar-refractivity contribution in [3.05, 3.63) is 64.9 Å². The molecule has 0 bridgehead atoms. The van der Waals surface area contributed by atoms with Gasteiger partial charge in [0.15, 0.2) is 0 Å². The molecule has 0 unspecified atom stereocenters. The number of nitrogens with zero attached hydrogens (tertiary/aromatic N) is 2. The van der Waals surface area contributed by atoms with E-state index in [2.05, 4.69) is 10.2 Å². The molecule has 2 aromatic rings. The number of hydrogen-bond acceptors (Lipinski definition) is 3. The quantitative estimate of drug-likeness (QED) is 0.743. The SMILES string of the molecule is O=C(Nc1cccc(Cl)c1)[C@H](C1CCCC1)N1CCN(C(=O)c2ccc(F)cc2)CC1. The molecule has 1 saturated heterocycles. The number of piperazine rings is 1. The Morgan fingerprint density at radius 3 is 2.32 bits per heavy atom. The van der Waals surface area contributed by atoms with Gasteiger partial charge in [0, 0.05) is 42.5 Å².